The van der Waals surface area contributed by atoms with Gasteiger partial charge in [0.15, 0.2) is 5.96 Å². The second-order valence-corrected chi connectivity index (χ2v) is 5.98. The van der Waals surface area contributed by atoms with Crippen LogP contribution in [-0.4, -0.2) is 17.6 Å². The summed E-state index contributed by atoms with van der Waals surface area (Å²) in [5.74, 6) is -0.124. The molecule has 0 aliphatic carbocycles. The Morgan fingerprint density at radius 1 is 1.17 bits per heavy atom. The number of rotatable bonds is 4. The summed E-state index contributed by atoms with van der Waals surface area (Å²) in [4.78, 5) is 4.19. The highest BCUT2D eigenvalue weighted by Crippen LogP contribution is 2.21. The molecule has 0 saturated heterocycles. The van der Waals surface area contributed by atoms with E-state index in [2.05, 4.69) is 16.4 Å². The van der Waals surface area contributed by atoms with Gasteiger partial charge in [-0.3, -0.25) is 0 Å². The molecule has 1 atom stereocenters. The second kappa shape index (κ2) is 8.43. The molecule has 0 spiro atoms. The molecule has 130 valence electrons. The molecule has 2 aromatic carbocycles. The van der Waals surface area contributed by atoms with Crippen LogP contribution in [0.25, 0.3) is 0 Å². The number of nitrogens with zero attached hydrogens (tertiary/aromatic N) is 1. The third kappa shape index (κ3) is 5.76. The van der Waals surface area contributed by atoms with Crippen molar-refractivity contribution in [2.24, 2.45) is 10.7 Å². The van der Waals surface area contributed by atoms with E-state index in [9.17, 15) is 9.50 Å². The first-order valence-corrected chi connectivity index (χ1v) is 7.40. The lowest BCUT2D eigenvalue weighted by atomic mass is 9.96. The summed E-state index contributed by atoms with van der Waals surface area (Å²) in [5.41, 5.74) is 8.35. The van der Waals surface area contributed by atoms with Crippen LogP contribution in [0.3, 0.4) is 0 Å². The third-order valence-electron chi connectivity index (χ3n) is 3.52. The summed E-state index contributed by atoms with van der Waals surface area (Å²) >= 11 is 0. The Morgan fingerprint density at radius 2 is 1.71 bits per heavy atom. The molecule has 0 aliphatic rings. The molecule has 6 heteroatoms. The van der Waals surface area contributed by atoms with Gasteiger partial charge in [0.25, 0.3) is 0 Å². The molecule has 4 nitrogen and oxygen atoms in total. The summed E-state index contributed by atoms with van der Waals surface area (Å²) in [7, 11) is 0. The van der Waals surface area contributed by atoms with Gasteiger partial charge in [0, 0.05) is 5.69 Å². The van der Waals surface area contributed by atoms with Gasteiger partial charge >= 0.3 is 0 Å². The van der Waals surface area contributed by atoms with Crippen molar-refractivity contribution in [3.8, 4) is 0 Å². The van der Waals surface area contributed by atoms with Gasteiger partial charge in [0.05, 0.1) is 6.54 Å². The highest BCUT2D eigenvalue weighted by Gasteiger charge is 2.22. The molecule has 0 aromatic heterocycles. The summed E-state index contributed by atoms with van der Waals surface area (Å²) < 4.78 is 13.0. The average molecular weight is 443 g/mol. The molecule has 4 N–H and O–H groups in total. The highest BCUT2D eigenvalue weighted by molar-refractivity contribution is 14.0. The minimum Gasteiger partial charge on any atom is -0.384 e. The van der Waals surface area contributed by atoms with Crippen molar-refractivity contribution in [3.63, 3.8) is 0 Å². The summed E-state index contributed by atoms with van der Waals surface area (Å²) in [6.07, 6.45) is 0. The van der Waals surface area contributed by atoms with Gasteiger partial charge in [-0.1, -0.05) is 18.2 Å². The van der Waals surface area contributed by atoms with E-state index in [0.717, 1.165) is 16.8 Å². The average Bonchev–Trinajstić information content (AvgIpc) is 2.44. The lowest BCUT2D eigenvalue weighted by Crippen LogP contribution is -2.29. The molecule has 0 aliphatic heterocycles. The molecule has 2 aromatic rings. The monoisotopic (exact) mass is 443 g/mol. The van der Waals surface area contributed by atoms with Gasteiger partial charge < -0.3 is 16.2 Å². The van der Waals surface area contributed by atoms with Crippen LogP contribution in [0.15, 0.2) is 47.5 Å². The van der Waals surface area contributed by atoms with Crippen molar-refractivity contribution in [3.05, 3.63) is 65.0 Å². The van der Waals surface area contributed by atoms with E-state index in [1.165, 1.54) is 12.1 Å². The van der Waals surface area contributed by atoms with Gasteiger partial charge in [0.1, 0.15) is 11.4 Å². The van der Waals surface area contributed by atoms with Crippen LogP contribution < -0.4 is 11.1 Å². The minimum atomic E-state index is -1.22. The van der Waals surface area contributed by atoms with E-state index >= 15 is 0 Å². The zero-order valence-corrected chi connectivity index (χ0v) is 16.3. The Morgan fingerprint density at radius 3 is 2.25 bits per heavy atom. The van der Waals surface area contributed by atoms with Gasteiger partial charge in [-0.05, 0) is 61.7 Å². The van der Waals surface area contributed by atoms with E-state index in [0.29, 0.717) is 5.56 Å². The van der Waals surface area contributed by atoms with Gasteiger partial charge in [-0.15, -0.1) is 24.0 Å². The van der Waals surface area contributed by atoms with Crippen LogP contribution in [-0.2, 0) is 5.60 Å². The number of benzene rings is 2. The van der Waals surface area contributed by atoms with Crippen LogP contribution in [0, 0.1) is 19.7 Å². The van der Waals surface area contributed by atoms with Crippen molar-refractivity contribution < 1.29 is 9.50 Å². The molecule has 0 fully saturated rings. The van der Waals surface area contributed by atoms with Crippen molar-refractivity contribution in [1.29, 1.82) is 0 Å². The van der Waals surface area contributed by atoms with Crippen LogP contribution in [0.2, 0.25) is 0 Å². The molecule has 2 rings (SSSR count). The standard InChI is InChI=1S/C18H22FN3O.HI/c1-12-8-13(2)10-16(9-12)22-17(20)21-11-18(3,23)14-4-6-15(19)7-5-14;/h4-10,23H,11H2,1-3H3,(H3,20,21,22);1H. The molecular weight excluding hydrogens is 420 g/mol. The number of halogens is 2. The van der Waals surface area contributed by atoms with Crippen LogP contribution >= 0.6 is 24.0 Å². The molecular formula is C18H23FIN3O. The van der Waals surface area contributed by atoms with Crippen molar-refractivity contribution in [1.82, 2.24) is 0 Å². The Balaban J connectivity index is 0.00000288. The van der Waals surface area contributed by atoms with Crippen LogP contribution in [0.1, 0.15) is 23.6 Å². The normalized spacial score (nSPS) is 13.8. The lowest BCUT2D eigenvalue weighted by molar-refractivity contribution is 0.0673. The summed E-state index contributed by atoms with van der Waals surface area (Å²) in [6, 6.07) is 11.7. The number of aliphatic imine (C=N–C) groups is 1. The first kappa shape index (κ1) is 20.4. The topological polar surface area (TPSA) is 70.6 Å². The zero-order valence-electron chi connectivity index (χ0n) is 14.0. The van der Waals surface area contributed by atoms with Crippen molar-refractivity contribution in [2.45, 2.75) is 26.4 Å². The van der Waals surface area contributed by atoms with Crippen molar-refractivity contribution in [2.75, 3.05) is 11.9 Å². The molecule has 24 heavy (non-hydrogen) atoms. The maximum atomic E-state index is 13.0. The lowest BCUT2D eigenvalue weighted by Gasteiger charge is -2.22. The van der Waals surface area contributed by atoms with E-state index in [-0.39, 0.29) is 42.3 Å². The number of guanidine groups is 1. The predicted molar refractivity (Wildman–Crippen MR) is 107 cm³/mol. The predicted octanol–water partition coefficient (Wildman–Crippen LogP) is 3.69. The number of anilines is 1. The van der Waals surface area contributed by atoms with E-state index in [1.807, 2.05) is 26.0 Å². The summed E-state index contributed by atoms with van der Waals surface area (Å²) in [6.45, 7) is 5.70. The molecule has 1 unspecified atom stereocenters. The molecule has 0 bridgehead atoms. The van der Waals surface area contributed by atoms with Crippen molar-refractivity contribution >= 4 is 35.6 Å². The maximum absolute atomic E-state index is 13.0. The molecule has 0 saturated carbocycles. The van der Waals surface area contributed by atoms with E-state index in [4.69, 9.17) is 5.73 Å². The molecule has 0 radical (unpaired) electrons. The fraction of sp³-hybridized carbons (Fsp3) is 0.278. The van der Waals surface area contributed by atoms with Crippen LogP contribution in [0.5, 0.6) is 0 Å². The summed E-state index contributed by atoms with van der Waals surface area (Å²) in [5, 5.41) is 13.5. The number of hydrogen-bond donors (Lipinski definition) is 3. The molecule has 0 amide bonds. The number of hydrogen-bond acceptors (Lipinski definition) is 2. The van der Waals surface area contributed by atoms with Gasteiger partial charge in [0.2, 0.25) is 0 Å². The first-order chi connectivity index (χ1) is 10.8. The zero-order chi connectivity index (χ0) is 17.0. The SMILES string of the molecule is Cc1cc(C)cc(NC(N)=NCC(C)(O)c2ccc(F)cc2)c1.I. The van der Waals surface area contributed by atoms with Gasteiger partial charge in [-0.2, -0.15) is 0 Å². The number of aliphatic hydroxyl groups is 1. The number of nitrogens with one attached hydrogen (secondary N) is 1. The highest BCUT2D eigenvalue weighted by atomic mass is 127. The smallest absolute Gasteiger partial charge is 0.193 e. The largest absolute Gasteiger partial charge is 0.384 e. The molecule has 0 heterocycles. The Bertz CT molecular complexity index is 694. The fourth-order valence-electron chi connectivity index (χ4n) is 2.37. The Labute approximate surface area is 159 Å². The van der Waals surface area contributed by atoms with E-state index < -0.39 is 5.60 Å². The maximum Gasteiger partial charge on any atom is 0.193 e. The third-order valence-corrected chi connectivity index (χ3v) is 3.52. The van der Waals surface area contributed by atoms with E-state index in [1.54, 1.807) is 19.1 Å². The number of aryl methyl sites for hydroxylation is 2. The Kier molecular flexibility index (Phi) is 7.16. The fourth-order valence-corrected chi connectivity index (χ4v) is 2.37. The minimum absolute atomic E-state index is 0. The first-order valence-electron chi connectivity index (χ1n) is 7.40. The second-order valence-electron chi connectivity index (χ2n) is 5.98. The Hall–Kier alpha value is -1.67. The van der Waals surface area contributed by atoms with Gasteiger partial charge in [-0.25, -0.2) is 9.38 Å². The van der Waals surface area contributed by atoms with Crippen LogP contribution in [0.4, 0.5) is 10.1 Å². The quantitative estimate of drug-likeness (QED) is 0.384. The number of nitrogens with two attached hydrogens (primary N) is 1.